The summed E-state index contributed by atoms with van der Waals surface area (Å²) in [6.45, 7) is 1.01. The maximum atomic E-state index is 11.2. The van der Waals surface area contributed by atoms with Gasteiger partial charge in [0.2, 0.25) is 5.91 Å². The highest BCUT2D eigenvalue weighted by molar-refractivity contribution is 5.80. The van der Waals surface area contributed by atoms with Crippen LogP contribution >= 0.6 is 0 Å². The van der Waals surface area contributed by atoms with Crippen molar-refractivity contribution in [3.63, 3.8) is 0 Å². The summed E-state index contributed by atoms with van der Waals surface area (Å²) in [5.41, 5.74) is -0.142. The molecule has 0 spiro atoms. The Balaban J connectivity index is 2.25. The number of nitrogens with zero attached hydrogens (tertiary/aromatic N) is 1. The van der Waals surface area contributed by atoms with Crippen molar-refractivity contribution in [2.75, 3.05) is 13.2 Å². The average Bonchev–Trinajstić information content (AvgIpc) is 2.53. The van der Waals surface area contributed by atoms with Crippen molar-refractivity contribution in [3.05, 3.63) is 0 Å². The van der Waals surface area contributed by atoms with E-state index in [4.69, 9.17) is 5.11 Å². The summed E-state index contributed by atoms with van der Waals surface area (Å²) < 4.78 is 0. The zero-order valence-corrected chi connectivity index (χ0v) is 6.55. The van der Waals surface area contributed by atoms with Crippen LogP contribution in [0, 0.1) is 0 Å². The third-order valence-electron chi connectivity index (χ3n) is 3.00. The highest BCUT2D eigenvalue weighted by Gasteiger charge is 2.47. The molecule has 0 bridgehead atoms. The highest BCUT2D eigenvalue weighted by atomic mass is 16.3. The van der Waals surface area contributed by atoms with Gasteiger partial charge in [-0.15, -0.1) is 0 Å². The first-order chi connectivity index (χ1) is 5.28. The molecule has 0 aliphatic carbocycles. The van der Waals surface area contributed by atoms with Crippen molar-refractivity contribution < 1.29 is 9.90 Å². The van der Waals surface area contributed by atoms with Crippen LogP contribution in [0.25, 0.3) is 0 Å². The fourth-order valence-electron chi connectivity index (χ4n) is 2.31. The molecule has 2 rings (SSSR count). The second-order valence-electron chi connectivity index (χ2n) is 3.53. The second-order valence-corrected chi connectivity index (χ2v) is 3.53. The number of aliphatic hydroxyl groups is 1. The lowest BCUT2D eigenvalue weighted by Crippen LogP contribution is -2.43. The minimum absolute atomic E-state index is 0.142. The largest absolute Gasteiger partial charge is 0.394 e. The van der Waals surface area contributed by atoms with Crippen molar-refractivity contribution >= 4 is 5.91 Å². The molecule has 2 aliphatic heterocycles. The first kappa shape index (κ1) is 7.10. The van der Waals surface area contributed by atoms with Crippen molar-refractivity contribution in [1.29, 1.82) is 0 Å². The number of aliphatic hydroxyl groups excluding tert-OH is 1. The number of rotatable bonds is 1. The lowest BCUT2D eigenvalue weighted by Gasteiger charge is -2.29. The normalized spacial score (nSPS) is 36.5. The van der Waals surface area contributed by atoms with Crippen molar-refractivity contribution in [3.8, 4) is 0 Å². The number of hydrogen-bond donors (Lipinski definition) is 1. The Labute approximate surface area is 66.0 Å². The maximum absolute atomic E-state index is 11.2. The number of carbonyl (C=O) groups is 1. The standard InChI is InChI=1S/C8H13NO2/c10-6-8-3-1-5-9(8)7(11)2-4-8/h10H,1-6H2/t8-/m1/s1. The van der Waals surface area contributed by atoms with Crippen LogP contribution in [0.15, 0.2) is 0 Å². The third-order valence-corrected chi connectivity index (χ3v) is 3.00. The van der Waals surface area contributed by atoms with E-state index in [1.54, 1.807) is 0 Å². The van der Waals surface area contributed by atoms with Crippen LogP contribution in [0.4, 0.5) is 0 Å². The minimum Gasteiger partial charge on any atom is -0.394 e. The molecule has 3 heteroatoms. The molecule has 2 aliphatic rings. The molecule has 0 unspecified atom stereocenters. The van der Waals surface area contributed by atoms with Gasteiger partial charge in [0.25, 0.3) is 0 Å². The van der Waals surface area contributed by atoms with E-state index in [0.29, 0.717) is 6.42 Å². The summed E-state index contributed by atoms with van der Waals surface area (Å²) in [7, 11) is 0. The molecule has 0 saturated carbocycles. The molecular weight excluding hydrogens is 142 g/mol. The summed E-state index contributed by atoms with van der Waals surface area (Å²) in [5.74, 6) is 0.233. The Kier molecular flexibility index (Phi) is 1.42. The van der Waals surface area contributed by atoms with Crippen LogP contribution in [0.5, 0.6) is 0 Å². The van der Waals surface area contributed by atoms with Crippen LogP contribution in [0.2, 0.25) is 0 Å². The maximum Gasteiger partial charge on any atom is 0.223 e. The topological polar surface area (TPSA) is 40.5 Å². The number of amides is 1. The lowest BCUT2D eigenvalue weighted by molar-refractivity contribution is -0.130. The molecule has 1 atom stereocenters. The van der Waals surface area contributed by atoms with Gasteiger partial charge in [-0.3, -0.25) is 4.79 Å². The summed E-state index contributed by atoms with van der Waals surface area (Å²) in [4.78, 5) is 13.1. The van der Waals surface area contributed by atoms with Gasteiger partial charge in [-0.05, 0) is 19.3 Å². The molecule has 1 amide bonds. The van der Waals surface area contributed by atoms with Crippen molar-refractivity contribution in [2.45, 2.75) is 31.2 Å². The van der Waals surface area contributed by atoms with Gasteiger partial charge in [-0.2, -0.15) is 0 Å². The van der Waals surface area contributed by atoms with Crippen LogP contribution in [0.1, 0.15) is 25.7 Å². The number of fused-ring (bicyclic) bond motifs is 1. The van der Waals surface area contributed by atoms with Gasteiger partial charge in [-0.25, -0.2) is 0 Å². The molecule has 11 heavy (non-hydrogen) atoms. The van der Waals surface area contributed by atoms with E-state index in [2.05, 4.69) is 0 Å². The zero-order chi connectivity index (χ0) is 7.90. The zero-order valence-electron chi connectivity index (χ0n) is 6.55. The van der Waals surface area contributed by atoms with Gasteiger partial charge in [0.05, 0.1) is 12.1 Å². The predicted molar refractivity (Wildman–Crippen MR) is 40.0 cm³/mol. The van der Waals surface area contributed by atoms with Crippen molar-refractivity contribution in [1.82, 2.24) is 4.90 Å². The average molecular weight is 155 g/mol. The Hall–Kier alpha value is -0.570. The van der Waals surface area contributed by atoms with Gasteiger partial charge in [-0.1, -0.05) is 0 Å². The Morgan fingerprint density at radius 2 is 2.36 bits per heavy atom. The van der Waals surface area contributed by atoms with Gasteiger partial charge < -0.3 is 10.0 Å². The fraction of sp³-hybridized carbons (Fsp3) is 0.875. The molecule has 3 nitrogen and oxygen atoms in total. The molecular formula is C8H13NO2. The van der Waals surface area contributed by atoms with Crippen LogP contribution in [0.3, 0.4) is 0 Å². The Morgan fingerprint density at radius 3 is 3.00 bits per heavy atom. The number of carbonyl (C=O) groups excluding carboxylic acids is 1. The van der Waals surface area contributed by atoms with Crippen molar-refractivity contribution in [2.24, 2.45) is 0 Å². The van der Waals surface area contributed by atoms with E-state index in [-0.39, 0.29) is 18.1 Å². The molecule has 2 heterocycles. The minimum atomic E-state index is -0.142. The van der Waals surface area contributed by atoms with E-state index >= 15 is 0 Å². The molecule has 0 aromatic carbocycles. The smallest absolute Gasteiger partial charge is 0.223 e. The van der Waals surface area contributed by atoms with Crippen LogP contribution in [-0.4, -0.2) is 34.6 Å². The molecule has 2 saturated heterocycles. The molecule has 0 radical (unpaired) electrons. The predicted octanol–water partition coefficient (Wildman–Crippen LogP) is 0.134. The van der Waals surface area contributed by atoms with E-state index in [1.807, 2.05) is 4.90 Å². The van der Waals surface area contributed by atoms with Gasteiger partial charge in [0.15, 0.2) is 0 Å². The van der Waals surface area contributed by atoms with Crippen LogP contribution < -0.4 is 0 Å². The molecule has 0 aromatic rings. The quantitative estimate of drug-likeness (QED) is 0.585. The second kappa shape index (κ2) is 2.21. The molecule has 2 fully saturated rings. The van der Waals surface area contributed by atoms with Gasteiger partial charge in [0, 0.05) is 13.0 Å². The highest BCUT2D eigenvalue weighted by Crippen LogP contribution is 2.38. The lowest BCUT2D eigenvalue weighted by atomic mass is 9.95. The SMILES string of the molecule is O=C1CC[C@@]2(CO)CCCN12. The summed E-state index contributed by atoms with van der Waals surface area (Å²) in [6.07, 6.45) is 3.56. The summed E-state index contributed by atoms with van der Waals surface area (Å²) in [6, 6.07) is 0. The van der Waals surface area contributed by atoms with Gasteiger partial charge in [0.1, 0.15) is 0 Å². The monoisotopic (exact) mass is 155 g/mol. The van der Waals surface area contributed by atoms with E-state index in [1.165, 1.54) is 0 Å². The summed E-state index contributed by atoms with van der Waals surface area (Å²) >= 11 is 0. The molecule has 1 N–H and O–H groups in total. The van der Waals surface area contributed by atoms with E-state index < -0.39 is 0 Å². The summed E-state index contributed by atoms with van der Waals surface area (Å²) in [5, 5.41) is 9.15. The van der Waals surface area contributed by atoms with Crippen LogP contribution in [-0.2, 0) is 4.79 Å². The van der Waals surface area contributed by atoms with E-state index in [0.717, 1.165) is 25.8 Å². The fourth-order valence-corrected chi connectivity index (χ4v) is 2.31. The van der Waals surface area contributed by atoms with Gasteiger partial charge >= 0.3 is 0 Å². The molecule has 62 valence electrons. The number of hydrogen-bond acceptors (Lipinski definition) is 2. The molecule has 0 aromatic heterocycles. The Morgan fingerprint density at radius 1 is 1.55 bits per heavy atom. The Bertz CT molecular complexity index is 193. The first-order valence-corrected chi connectivity index (χ1v) is 4.20. The van der Waals surface area contributed by atoms with E-state index in [9.17, 15) is 4.79 Å². The third kappa shape index (κ3) is 0.805. The first-order valence-electron chi connectivity index (χ1n) is 4.20.